The van der Waals surface area contributed by atoms with Crippen LogP contribution in [0.15, 0.2) is 30.3 Å². The second kappa shape index (κ2) is 8.29. The summed E-state index contributed by atoms with van der Waals surface area (Å²) in [5.74, 6) is 0.259. The average Bonchev–Trinajstić information content (AvgIpc) is 3.00. The molecule has 5 heteroatoms. The Kier molecular flexibility index (Phi) is 5.81. The highest BCUT2D eigenvalue weighted by Crippen LogP contribution is 2.41. The number of nitrogens with one attached hydrogen (secondary N) is 2. The molecule has 0 bridgehead atoms. The molecule has 1 amide bonds. The molecule has 3 aliphatic rings. The number of rotatable bonds is 4. The largest absolute Gasteiger partial charge is 0.352 e. The summed E-state index contributed by atoms with van der Waals surface area (Å²) >= 11 is 0. The van der Waals surface area contributed by atoms with E-state index in [1.807, 2.05) is 0 Å². The minimum Gasteiger partial charge on any atom is -0.352 e. The van der Waals surface area contributed by atoms with Gasteiger partial charge in [0, 0.05) is 32.2 Å². The maximum Gasteiger partial charge on any atom is 0.237 e. The van der Waals surface area contributed by atoms with Crippen molar-refractivity contribution in [3.63, 3.8) is 0 Å². The van der Waals surface area contributed by atoms with Crippen molar-refractivity contribution in [2.24, 2.45) is 5.41 Å². The van der Waals surface area contributed by atoms with E-state index in [0.29, 0.717) is 11.5 Å². The fraction of sp³-hybridized carbons (Fsp3) is 0.682. The van der Waals surface area contributed by atoms with Gasteiger partial charge in [0.2, 0.25) is 5.91 Å². The molecular formula is C22H34N4O. The number of benzene rings is 1. The van der Waals surface area contributed by atoms with E-state index in [1.165, 1.54) is 18.4 Å². The lowest BCUT2D eigenvalue weighted by atomic mass is 9.77. The maximum atomic E-state index is 12.9. The number of piperidine rings is 2. The minimum absolute atomic E-state index is 0.0606. The Morgan fingerprint density at radius 2 is 1.89 bits per heavy atom. The van der Waals surface area contributed by atoms with Gasteiger partial charge in [-0.25, -0.2) is 0 Å². The van der Waals surface area contributed by atoms with E-state index in [4.69, 9.17) is 0 Å². The lowest BCUT2D eigenvalue weighted by Gasteiger charge is -2.34. The van der Waals surface area contributed by atoms with Crippen molar-refractivity contribution in [1.29, 1.82) is 0 Å². The fourth-order valence-corrected chi connectivity index (χ4v) is 5.26. The molecule has 148 valence electrons. The number of carbonyl (C=O) groups is 1. The predicted molar refractivity (Wildman–Crippen MR) is 108 cm³/mol. The Morgan fingerprint density at radius 3 is 2.59 bits per heavy atom. The van der Waals surface area contributed by atoms with Crippen molar-refractivity contribution in [2.75, 3.05) is 39.8 Å². The Labute approximate surface area is 163 Å². The zero-order chi connectivity index (χ0) is 18.7. The number of nitrogens with zero attached hydrogens (tertiary/aromatic N) is 2. The van der Waals surface area contributed by atoms with Gasteiger partial charge >= 0.3 is 0 Å². The third-order valence-electron chi connectivity index (χ3n) is 6.89. The summed E-state index contributed by atoms with van der Waals surface area (Å²) in [6.07, 6.45) is 5.57. The van der Waals surface area contributed by atoms with Crippen molar-refractivity contribution in [3.05, 3.63) is 35.9 Å². The highest BCUT2D eigenvalue weighted by Gasteiger charge is 2.45. The molecule has 4 rings (SSSR count). The quantitative estimate of drug-likeness (QED) is 0.849. The molecule has 0 unspecified atom stereocenters. The number of carbonyl (C=O) groups excluding carboxylic acids is 1. The highest BCUT2D eigenvalue weighted by molar-refractivity contribution is 5.82. The zero-order valence-corrected chi connectivity index (χ0v) is 16.6. The SMILES string of the molecule is CN1CC2(CCNCC2)C[C@@H]1C(=O)NC1CCN(Cc2ccccc2)CC1. The molecule has 27 heavy (non-hydrogen) atoms. The van der Waals surface area contributed by atoms with Crippen molar-refractivity contribution >= 4 is 5.91 Å². The van der Waals surface area contributed by atoms with Crippen LogP contribution in [0.25, 0.3) is 0 Å². The third-order valence-corrected chi connectivity index (χ3v) is 6.89. The molecular weight excluding hydrogens is 336 g/mol. The summed E-state index contributed by atoms with van der Waals surface area (Å²) in [5, 5.41) is 6.83. The Bertz CT molecular complexity index is 620. The molecule has 0 saturated carbocycles. The summed E-state index contributed by atoms with van der Waals surface area (Å²) in [4.78, 5) is 17.7. The van der Waals surface area contributed by atoms with E-state index < -0.39 is 0 Å². The van der Waals surface area contributed by atoms with Crippen LogP contribution in [0, 0.1) is 5.41 Å². The van der Waals surface area contributed by atoms with Gasteiger partial charge in [-0.15, -0.1) is 0 Å². The molecule has 3 saturated heterocycles. The van der Waals surface area contributed by atoms with Gasteiger partial charge in [0.25, 0.3) is 0 Å². The van der Waals surface area contributed by atoms with E-state index in [-0.39, 0.29) is 11.9 Å². The summed E-state index contributed by atoms with van der Waals surface area (Å²) in [6, 6.07) is 11.1. The summed E-state index contributed by atoms with van der Waals surface area (Å²) < 4.78 is 0. The van der Waals surface area contributed by atoms with E-state index in [9.17, 15) is 4.79 Å². The topological polar surface area (TPSA) is 47.6 Å². The van der Waals surface area contributed by atoms with E-state index in [2.05, 4.69) is 57.8 Å². The second-order valence-electron chi connectivity index (χ2n) is 8.93. The van der Waals surface area contributed by atoms with Crippen molar-refractivity contribution in [1.82, 2.24) is 20.4 Å². The molecule has 1 spiro atoms. The van der Waals surface area contributed by atoms with Gasteiger partial charge in [-0.3, -0.25) is 14.6 Å². The molecule has 2 N–H and O–H groups in total. The van der Waals surface area contributed by atoms with Crippen LogP contribution in [-0.4, -0.2) is 67.6 Å². The van der Waals surface area contributed by atoms with Crippen molar-refractivity contribution in [3.8, 4) is 0 Å². The van der Waals surface area contributed by atoms with E-state index in [0.717, 1.165) is 58.5 Å². The second-order valence-corrected chi connectivity index (χ2v) is 8.93. The molecule has 0 radical (unpaired) electrons. The van der Waals surface area contributed by atoms with Crippen LogP contribution in [0.3, 0.4) is 0 Å². The fourth-order valence-electron chi connectivity index (χ4n) is 5.26. The first-order valence-electron chi connectivity index (χ1n) is 10.6. The maximum absolute atomic E-state index is 12.9. The summed E-state index contributed by atoms with van der Waals surface area (Å²) in [6.45, 7) is 6.42. The first-order chi connectivity index (χ1) is 13.1. The monoisotopic (exact) mass is 370 g/mol. The number of hydrogen-bond acceptors (Lipinski definition) is 4. The van der Waals surface area contributed by atoms with Gasteiger partial charge in [0.1, 0.15) is 0 Å². The van der Waals surface area contributed by atoms with Gasteiger partial charge in [0.15, 0.2) is 0 Å². The lowest BCUT2D eigenvalue weighted by Crippen LogP contribution is -2.49. The van der Waals surface area contributed by atoms with Crippen LogP contribution in [-0.2, 0) is 11.3 Å². The van der Waals surface area contributed by atoms with Gasteiger partial charge < -0.3 is 10.6 Å². The minimum atomic E-state index is 0.0606. The zero-order valence-electron chi connectivity index (χ0n) is 16.6. The van der Waals surface area contributed by atoms with Crippen molar-refractivity contribution in [2.45, 2.75) is 50.7 Å². The molecule has 0 aliphatic carbocycles. The Morgan fingerprint density at radius 1 is 1.19 bits per heavy atom. The normalized spacial score (nSPS) is 27.1. The lowest BCUT2D eigenvalue weighted by molar-refractivity contribution is -0.126. The van der Waals surface area contributed by atoms with Gasteiger partial charge in [0.05, 0.1) is 6.04 Å². The smallest absolute Gasteiger partial charge is 0.237 e. The summed E-state index contributed by atoms with van der Waals surface area (Å²) in [7, 11) is 2.13. The van der Waals surface area contributed by atoms with Crippen LogP contribution < -0.4 is 10.6 Å². The molecule has 3 aliphatic heterocycles. The first-order valence-corrected chi connectivity index (χ1v) is 10.6. The Hall–Kier alpha value is -1.43. The third kappa shape index (κ3) is 4.53. The van der Waals surface area contributed by atoms with Gasteiger partial charge in [-0.2, -0.15) is 0 Å². The molecule has 0 aromatic heterocycles. The molecule has 3 heterocycles. The number of hydrogen-bond donors (Lipinski definition) is 2. The average molecular weight is 371 g/mol. The van der Waals surface area contributed by atoms with Crippen LogP contribution in [0.1, 0.15) is 37.7 Å². The van der Waals surface area contributed by atoms with Gasteiger partial charge in [-0.1, -0.05) is 30.3 Å². The molecule has 1 aromatic rings. The number of amides is 1. The van der Waals surface area contributed by atoms with Crippen LogP contribution in [0.4, 0.5) is 0 Å². The number of likely N-dealkylation sites (tertiary alicyclic amines) is 2. The van der Waals surface area contributed by atoms with Gasteiger partial charge in [-0.05, 0) is 63.2 Å². The molecule has 5 nitrogen and oxygen atoms in total. The van der Waals surface area contributed by atoms with Crippen LogP contribution >= 0.6 is 0 Å². The van der Waals surface area contributed by atoms with Crippen molar-refractivity contribution < 1.29 is 4.79 Å². The standard InChI is InChI=1S/C22H34N4O/c1-25-17-22(9-11-23-12-10-22)15-20(25)21(27)24-19-7-13-26(14-8-19)16-18-5-3-2-4-6-18/h2-6,19-20,23H,7-17H2,1H3,(H,24,27)/t20-/m1/s1. The van der Waals surface area contributed by atoms with E-state index in [1.54, 1.807) is 0 Å². The molecule has 1 aromatic carbocycles. The highest BCUT2D eigenvalue weighted by atomic mass is 16.2. The first kappa shape index (κ1) is 18.9. The van der Waals surface area contributed by atoms with Crippen LogP contribution in [0.5, 0.6) is 0 Å². The predicted octanol–water partition coefficient (Wildman–Crippen LogP) is 1.84. The van der Waals surface area contributed by atoms with E-state index >= 15 is 0 Å². The van der Waals surface area contributed by atoms with Crippen LogP contribution in [0.2, 0.25) is 0 Å². The molecule has 3 fully saturated rings. The Balaban J connectivity index is 1.25. The molecule has 1 atom stereocenters. The summed E-state index contributed by atoms with van der Waals surface area (Å²) in [5.41, 5.74) is 1.74. The number of likely N-dealkylation sites (N-methyl/N-ethyl adjacent to an activating group) is 1.